The van der Waals surface area contributed by atoms with Gasteiger partial charge in [-0.05, 0) is 43.9 Å². The molecule has 0 unspecified atom stereocenters. The summed E-state index contributed by atoms with van der Waals surface area (Å²) in [5.41, 5.74) is 2.72. The summed E-state index contributed by atoms with van der Waals surface area (Å²) in [6, 6.07) is 29.4. The fourth-order valence-electron chi connectivity index (χ4n) is 4.06. The number of rotatable bonds is 5. The molecular formula is C25H28NP. The lowest BCUT2D eigenvalue weighted by atomic mass is 9.95. The van der Waals surface area contributed by atoms with Crippen LogP contribution in [-0.2, 0) is 0 Å². The normalized spacial score (nSPS) is 15.0. The van der Waals surface area contributed by atoms with Gasteiger partial charge in [0.2, 0.25) is 0 Å². The Morgan fingerprint density at radius 2 is 1.30 bits per heavy atom. The summed E-state index contributed by atoms with van der Waals surface area (Å²) in [7, 11) is -0.572. The Hall–Kier alpha value is -2.11. The zero-order valence-electron chi connectivity index (χ0n) is 16.1. The van der Waals surface area contributed by atoms with Crippen molar-refractivity contribution in [3.05, 3.63) is 84.4 Å². The Morgan fingerprint density at radius 3 is 1.89 bits per heavy atom. The van der Waals surface area contributed by atoms with Gasteiger partial charge < -0.3 is 5.32 Å². The lowest BCUT2D eigenvalue weighted by Gasteiger charge is -2.29. The molecule has 0 aliphatic heterocycles. The molecule has 1 nitrogen and oxygen atoms in total. The van der Waals surface area contributed by atoms with Crippen LogP contribution < -0.4 is 21.2 Å². The SMILES string of the molecule is Cc1cccc(P(c2ccccc2)c2ccccc2)c1NC1CCCCC1. The van der Waals surface area contributed by atoms with Crippen molar-refractivity contribution >= 4 is 29.5 Å². The van der Waals surface area contributed by atoms with Crippen molar-refractivity contribution in [1.82, 2.24) is 0 Å². The lowest BCUT2D eigenvalue weighted by molar-refractivity contribution is 0.463. The van der Waals surface area contributed by atoms with Gasteiger partial charge in [-0.25, -0.2) is 0 Å². The van der Waals surface area contributed by atoms with Crippen molar-refractivity contribution < 1.29 is 0 Å². The van der Waals surface area contributed by atoms with E-state index in [1.165, 1.54) is 59.3 Å². The van der Waals surface area contributed by atoms with E-state index in [-0.39, 0.29) is 0 Å². The summed E-state index contributed by atoms with van der Waals surface area (Å²) in [5.74, 6) is 0. The molecule has 0 saturated heterocycles. The molecule has 1 fully saturated rings. The fraction of sp³-hybridized carbons (Fsp3) is 0.280. The minimum atomic E-state index is -0.572. The second-order valence-electron chi connectivity index (χ2n) is 7.45. The van der Waals surface area contributed by atoms with Crippen LogP contribution in [0.2, 0.25) is 0 Å². The van der Waals surface area contributed by atoms with Crippen LogP contribution in [0.25, 0.3) is 0 Å². The van der Waals surface area contributed by atoms with Crippen LogP contribution in [-0.4, -0.2) is 6.04 Å². The molecule has 3 aromatic rings. The largest absolute Gasteiger partial charge is 0.382 e. The highest BCUT2D eigenvalue weighted by Gasteiger charge is 2.22. The number of hydrogen-bond donors (Lipinski definition) is 1. The number of nitrogens with one attached hydrogen (secondary N) is 1. The van der Waals surface area contributed by atoms with E-state index in [2.05, 4.69) is 91.1 Å². The molecule has 0 heterocycles. The number of benzene rings is 3. The maximum absolute atomic E-state index is 3.95. The molecular weight excluding hydrogens is 345 g/mol. The molecule has 3 aromatic carbocycles. The van der Waals surface area contributed by atoms with Crippen LogP contribution in [0.5, 0.6) is 0 Å². The van der Waals surface area contributed by atoms with Gasteiger partial charge in [0.15, 0.2) is 0 Å². The van der Waals surface area contributed by atoms with Crippen molar-refractivity contribution in [2.75, 3.05) is 5.32 Å². The third-order valence-electron chi connectivity index (χ3n) is 5.47. The standard InChI is InChI=1S/C25H28NP/c1-20-12-11-19-24(25(20)26-21-13-5-2-6-14-21)27(22-15-7-3-8-16-22)23-17-9-4-10-18-23/h3-4,7-12,15-19,21,26H,2,5-6,13-14H2,1H3. The molecule has 1 aliphatic carbocycles. The highest BCUT2D eigenvalue weighted by Crippen LogP contribution is 2.37. The summed E-state index contributed by atoms with van der Waals surface area (Å²) >= 11 is 0. The van der Waals surface area contributed by atoms with Gasteiger partial charge in [-0.1, -0.05) is 98.1 Å². The summed E-state index contributed by atoms with van der Waals surface area (Å²) in [4.78, 5) is 0. The van der Waals surface area contributed by atoms with E-state index in [4.69, 9.17) is 0 Å². The molecule has 1 aliphatic rings. The van der Waals surface area contributed by atoms with E-state index in [0.717, 1.165) is 0 Å². The Balaban J connectivity index is 1.79. The molecule has 1 saturated carbocycles. The summed E-state index contributed by atoms with van der Waals surface area (Å²) in [6.07, 6.45) is 6.68. The Labute approximate surface area is 164 Å². The monoisotopic (exact) mass is 373 g/mol. The van der Waals surface area contributed by atoms with Gasteiger partial charge in [-0.2, -0.15) is 0 Å². The summed E-state index contributed by atoms with van der Waals surface area (Å²) < 4.78 is 0. The lowest BCUT2D eigenvalue weighted by Crippen LogP contribution is -2.29. The zero-order valence-corrected chi connectivity index (χ0v) is 17.0. The first-order chi connectivity index (χ1) is 13.3. The maximum atomic E-state index is 3.95. The fourth-order valence-corrected chi connectivity index (χ4v) is 6.55. The Kier molecular flexibility index (Phi) is 5.90. The first kappa shape index (κ1) is 18.3. The molecule has 27 heavy (non-hydrogen) atoms. The van der Waals surface area contributed by atoms with E-state index in [1.807, 2.05) is 0 Å². The summed E-state index contributed by atoms with van der Waals surface area (Å²) in [5, 5.41) is 8.23. The highest BCUT2D eigenvalue weighted by molar-refractivity contribution is 7.80. The van der Waals surface area contributed by atoms with Gasteiger partial charge in [0, 0.05) is 17.0 Å². The quantitative estimate of drug-likeness (QED) is 0.583. The highest BCUT2D eigenvalue weighted by atomic mass is 31.1. The van der Waals surface area contributed by atoms with Crippen LogP contribution >= 0.6 is 7.92 Å². The Morgan fingerprint density at radius 1 is 0.704 bits per heavy atom. The first-order valence-electron chi connectivity index (χ1n) is 10.1. The summed E-state index contributed by atoms with van der Waals surface area (Å²) in [6.45, 7) is 2.25. The van der Waals surface area contributed by atoms with E-state index in [1.54, 1.807) is 0 Å². The minimum Gasteiger partial charge on any atom is -0.382 e. The number of aryl methyl sites for hydroxylation is 1. The molecule has 0 amide bonds. The van der Waals surface area contributed by atoms with Gasteiger partial charge in [-0.15, -0.1) is 0 Å². The van der Waals surface area contributed by atoms with Gasteiger partial charge >= 0.3 is 0 Å². The van der Waals surface area contributed by atoms with E-state index < -0.39 is 7.92 Å². The van der Waals surface area contributed by atoms with Crippen molar-refractivity contribution in [1.29, 1.82) is 0 Å². The predicted molar refractivity (Wildman–Crippen MR) is 120 cm³/mol. The number of hydrogen-bond acceptors (Lipinski definition) is 1. The molecule has 0 atom stereocenters. The topological polar surface area (TPSA) is 12.0 Å². The van der Waals surface area contributed by atoms with Crippen LogP contribution in [0.15, 0.2) is 78.9 Å². The van der Waals surface area contributed by atoms with Crippen LogP contribution in [0.4, 0.5) is 5.69 Å². The van der Waals surface area contributed by atoms with Crippen LogP contribution in [0.3, 0.4) is 0 Å². The second kappa shape index (κ2) is 8.72. The van der Waals surface area contributed by atoms with E-state index >= 15 is 0 Å². The zero-order chi connectivity index (χ0) is 18.5. The van der Waals surface area contributed by atoms with Crippen LogP contribution in [0.1, 0.15) is 37.7 Å². The molecule has 4 rings (SSSR count). The molecule has 0 bridgehead atoms. The molecule has 0 spiro atoms. The average molecular weight is 373 g/mol. The maximum Gasteiger partial charge on any atom is 0.0456 e. The smallest absolute Gasteiger partial charge is 0.0456 e. The Bertz CT molecular complexity index is 815. The second-order valence-corrected chi connectivity index (χ2v) is 9.64. The minimum absolute atomic E-state index is 0.572. The number of anilines is 1. The van der Waals surface area contributed by atoms with Gasteiger partial charge in [0.1, 0.15) is 0 Å². The van der Waals surface area contributed by atoms with E-state index in [9.17, 15) is 0 Å². The van der Waals surface area contributed by atoms with Crippen molar-refractivity contribution in [3.8, 4) is 0 Å². The van der Waals surface area contributed by atoms with E-state index in [0.29, 0.717) is 6.04 Å². The van der Waals surface area contributed by atoms with Crippen molar-refractivity contribution in [3.63, 3.8) is 0 Å². The average Bonchev–Trinajstić information content (AvgIpc) is 2.73. The van der Waals surface area contributed by atoms with Gasteiger partial charge in [0.05, 0.1) is 0 Å². The molecule has 0 aromatic heterocycles. The molecule has 0 radical (unpaired) electrons. The molecule has 2 heteroatoms. The number of para-hydroxylation sites is 1. The predicted octanol–water partition coefficient (Wildman–Crippen LogP) is 5.50. The first-order valence-corrected chi connectivity index (χ1v) is 11.4. The van der Waals surface area contributed by atoms with Crippen molar-refractivity contribution in [2.24, 2.45) is 0 Å². The molecule has 138 valence electrons. The third kappa shape index (κ3) is 4.25. The third-order valence-corrected chi connectivity index (χ3v) is 7.96. The van der Waals surface area contributed by atoms with Crippen molar-refractivity contribution in [2.45, 2.75) is 45.1 Å². The van der Waals surface area contributed by atoms with Crippen LogP contribution in [0, 0.1) is 6.92 Å². The van der Waals surface area contributed by atoms with Gasteiger partial charge in [0.25, 0.3) is 0 Å². The molecule has 1 N–H and O–H groups in total. The van der Waals surface area contributed by atoms with Gasteiger partial charge in [-0.3, -0.25) is 0 Å².